The molecule has 2 N–H and O–H groups in total. The van der Waals surface area contributed by atoms with E-state index in [0.717, 1.165) is 6.42 Å². The summed E-state index contributed by atoms with van der Waals surface area (Å²) >= 11 is 0. The maximum Gasteiger partial charge on any atom is 0.306 e. The van der Waals surface area contributed by atoms with Crippen molar-refractivity contribution >= 4 is 17.7 Å². The number of carbonyl (C=O) groups excluding carboxylic acids is 1. The zero-order chi connectivity index (χ0) is 14.7. The monoisotopic (exact) mass is 277 g/mol. The van der Waals surface area contributed by atoms with Gasteiger partial charge in [0.25, 0.3) is 5.91 Å². The topological polar surface area (TPSA) is 82.5 Å². The normalized spacial score (nSPS) is 21.5. The lowest BCUT2D eigenvalue weighted by atomic mass is 10.1. The number of pyridine rings is 1. The average molecular weight is 277 g/mol. The van der Waals surface area contributed by atoms with Gasteiger partial charge in [0.05, 0.1) is 11.5 Å². The first-order valence-corrected chi connectivity index (χ1v) is 6.64. The largest absolute Gasteiger partial charge is 0.481 e. The van der Waals surface area contributed by atoms with Crippen molar-refractivity contribution < 1.29 is 14.7 Å². The van der Waals surface area contributed by atoms with Crippen molar-refractivity contribution in [3.8, 4) is 0 Å². The van der Waals surface area contributed by atoms with Gasteiger partial charge in [0.15, 0.2) is 0 Å². The number of aliphatic carboxylic acids is 1. The molecule has 0 bridgehead atoms. The Morgan fingerprint density at radius 3 is 2.60 bits per heavy atom. The van der Waals surface area contributed by atoms with E-state index < -0.39 is 5.97 Å². The Bertz CT molecular complexity index is 499. The van der Waals surface area contributed by atoms with Gasteiger partial charge in [-0.05, 0) is 31.4 Å². The molecule has 1 aromatic rings. The molecule has 2 atom stereocenters. The fourth-order valence-electron chi connectivity index (χ4n) is 2.41. The molecular formula is C14H19N3O3. The summed E-state index contributed by atoms with van der Waals surface area (Å²) in [7, 11) is 3.39. The van der Waals surface area contributed by atoms with E-state index in [1.54, 1.807) is 26.2 Å². The summed E-state index contributed by atoms with van der Waals surface area (Å²) in [5.74, 6) is -0.400. The molecule has 1 heterocycles. The highest BCUT2D eigenvalue weighted by Crippen LogP contribution is 2.27. The van der Waals surface area contributed by atoms with Crippen LogP contribution in [0, 0.1) is 5.92 Å². The second-order valence-electron chi connectivity index (χ2n) is 5.32. The van der Waals surface area contributed by atoms with Crippen molar-refractivity contribution in [3.05, 3.63) is 23.9 Å². The van der Waals surface area contributed by atoms with Crippen LogP contribution in [0.4, 0.5) is 5.82 Å². The van der Waals surface area contributed by atoms with Crippen molar-refractivity contribution in [1.82, 2.24) is 9.88 Å². The van der Waals surface area contributed by atoms with Gasteiger partial charge in [0, 0.05) is 26.3 Å². The molecule has 1 saturated carbocycles. The van der Waals surface area contributed by atoms with Crippen molar-refractivity contribution in [2.75, 3.05) is 19.4 Å². The van der Waals surface area contributed by atoms with E-state index in [9.17, 15) is 9.59 Å². The van der Waals surface area contributed by atoms with Crippen LogP contribution in [0.3, 0.4) is 0 Å². The fourth-order valence-corrected chi connectivity index (χ4v) is 2.41. The Kier molecular flexibility index (Phi) is 4.22. The molecule has 1 aliphatic carbocycles. The van der Waals surface area contributed by atoms with Crippen LogP contribution in [-0.4, -0.2) is 47.0 Å². The van der Waals surface area contributed by atoms with Crippen LogP contribution in [0.1, 0.15) is 29.6 Å². The molecule has 0 aromatic carbocycles. The maximum atomic E-state index is 11.7. The Hall–Kier alpha value is -2.11. The van der Waals surface area contributed by atoms with Gasteiger partial charge in [0.2, 0.25) is 0 Å². The number of nitrogens with zero attached hydrogens (tertiary/aromatic N) is 2. The van der Waals surface area contributed by atoms with Crippen LogP contribution in [0.25, 0.3) is 0 Å². The first kappa shape index (κ1) is 14.3. The molecule has 20 heavy (non-hydrogen) atoms. The van der Waals surface area contributed by atoms with E-state index in [2.05, 4.69) is 10.3 Å². The minimum Gasteiger partial charge on any atom is -0.481 e. The minimum absolute atomic E-state index is 0.0872. The van der Waals surface area contributed by atoms with Gasteiger partial charge in [-0.3, -0.25) is 9.59 Å². The second-order valence-corrected chi connectivity index (χ2v) is 5.32. The zero-order valence-electron chi connectivity index (χ0n) is 11.7. The van der Waals surface area contributed by atoms with Crippen LogP contribution in [0.2, 0.25) is 0 Å². The average Bonchev–Trinajstić information content (AvgIpc) is 2.87. The summed E-state index contributed by atoms with van der Waals surface area (Å²) in [5, 5.41) is 12.2. The first-order chi connectivity index (χ1) is 9.47. The molecule has 2 rings (SSSR count). The number of carbonyl (C=O) groups is 2. The number of aromatic nitrogens is 1. The molecule has 0 unspecified atom stereocenters. The summed E-state index contributed by atoms with van der Waals surface area (Å²) < 4.78 is 0. The summed E-state index contributed by atoms with van der Waals surface area (Å²) in [6.45, 7) is 0. The molecule has 6 nitrogen and oxygen atoms in total. The number of anilines is 1. The third-order valence-corrected chi connectivity index (χ3v) is 3.55. The molecule has 0 saturated heterocycles. The predicted octanol–water partition coefficient (Wildman–Crippen LogP) is 1.45. The van der Waals surface area contributed by atoms with Crippen LogP contribution in [0.5, 0.6) is 0 Å². The number of hydrogen-bond donors (Lipinski definition) is 2. The molecule has 1 fully saturated rings. The second kappa shape index (κ2) is 5.90. The predicted molar refractivity (Wildman–Crippen MR) is 74.6 cm³/mol. The molecule has 0 aliphatic heterocycles. The summed E-state index contributed by atoms with van der Waals surface area (Å²) in [5.41, 5.74) is 0.537. The quantitative estimate of drug-likeness (QED) is 0.870. The number of nitrogens with one attached hydrogen (secondary N) is 1. The highest BCUT2D eigenvalue weighted by molar-refractivity contribution is 5.93. The molecule has 1 aromatic heterocycles. The molecular weight excluding hydrogens is 258 g/mol. The van der Waals surface area contributed by atoms with Gasteiger partial charge < -0.3 is 15.3 Å². The van der Waals surface area contributed by atoms with Crippen molar-refractivity contribution in [2.45, 2.75) is 25.3 Å². The molecule has 108 valence electrons. The Morgan fingerprint density at radius 2 is 2.10 bits per heavy atom. The van der Waals surface area contributed by atoms with Gasteiger partial charge in [-0.2, -0.15) is 0 Å². The van der Waals surface area contributed by atoms with E-state index in [1.165, 1.54) is 11.1 Å². The molecule has 0 spiro atoms. The third-order valence-electron chi connectivity index (χ3n) is 3.55. The summed E-state index contributed by atoms with van der Waals surface area (Å²) in [4.78, 5) is 28.3. The molecule has 0 radical (unpaired) electrons. The van der Waals surface area contributed by atoms with Crippen molar-refractivity contribution in [3.63, 3.8) is 0 Å². The van der Waals surface area contributed by atoms with Crippen molar-refractivity contribution in [2.24, 2.45) is 5.92 Å². The Morgan fingerprint density at radius 1 is 1.35 bits per heavy atom. The first-order valence-electron chi connectivity index (χ1n) is 6.64. The van der Waals surface area contributed by atoms with E-state index in [1.807, 2.05) is 0 Å². The van der Waals surface area contributed by atoms with Gasteiger partial charge >= 0.3 is 5.97 Å². The van der Waals surface area contributed by atoms with Gasteiger partial charge in [-0.25, -0.2) is 4.98 Å². The number of carboxylic acids is 1. The standard InChI is InChI=1S/C14H19N3O3/c1-17(2)13(18)10-4-6-12(15-8-10)16-11-5-3-9(7-11)14(19)20/h4,6,8-9,11H,3,5,7H2,1-2H3,(H,15,16)(H,19,20)/t9-,11+/m1/s1. The van der Waals surface area contributed by atoms with Crippen LogP contribution in [0.15, 0.2) is 18.3 Å². The summed E-state index contributed by atoms with van der Waals surface area (Å²) in [6, 6.07) is 3.62. The van der Waals surface area contributed by atoms with Crippen molar-refractivity contribution in [1.29, 1.82) is 0 Å². The maximum absolute atomic E-state index is 11.7. The lowest BCUT2D eigenvalue weighted by Gasteiger charge is -2.14. The zero-order valence-corrected chi connectivity index (χ0v) is 11.7. The Balaban J connectivity index is 1.95. The van der Waals surface area contributed by atoms with E-state index in [4.69, 9.17) is 5.11 Å². The number of rotatable bonds is 4. The van der Waals surface area contributed by atoms with Gasteiger partial charge in [-0.15, -0.1) is 0 Å². The lowest BCUT2D eigenvalue weighted by Crippen LogP contribution is -2.22. The minimum atomic E-state index is -0.728. The smallest absolute Gasteiger partial charge is 0.306 e. The SMILES string of the molecule is CN(C)C(=O)c1ccc(N[C@H]2CC[C@@H](C(=O)O)C2)nc1. The molecule has 6 heteroatoms. The fraction of sp³-hybridized carbons (Fsp3) is 0.500. The van der Waals surface area contributed by atoms with Crippen LogP contribution < -0.4 is 5.32 Å². The number of amides is 1. The van der Waals surface area contributed by atoms with Crippen LogP contribution >= 0.6 is 0 Å². The highest BCUT2D eigenvalue weighted by atomic mass is 16.4. The third kappa shape index (κ3) is 3.26. The lowest BCUT2D eigenvalue weighted by molar-refractivity contribution is -0.141. The van der Waals surface area contributed by atoms with Crippen LogP contribution in [-0.2, 0) is 4.79 Å². The van der Waals surface area contributed by atoms with Gasteiger partial charge in [0.1, 0.15) is 5.82 Å². The van der Waals surface area contributed by atoms with E-state index >= 15 is 0 Å². The van der Waals surface area contributed by atoms with E-state index in [-0.39, 0.29) is 17.9 Å². The van der Waals surface area contributed by atoms with Gasteiger partial charge in [-0.1, -0.05) is 0 Å². The summed E-state index contributed by atoms with van der Waals surface area (Å²) in [6.07, 6.45) is 3.69. The Labute approximate surface area is 117 Å². The number of carboxylic acid groups (broad SMARTS) is 1. The molecule has 1 amide bonds. The van der Waals surface area contributed by atoms with E-state index in [0.29, 0.717) is 24.2 Å². The highest BCUT2D eigenvalue weighted by Gasteiger charge is 2.29. The molecule has 1 aliphatic rings. The number of hydrogen-bond acceptors (Lipinski definition) is 4.